The van der Waals surface area contributed by atoms with E-state index in [0.29, 0.717) is 6.61 Å². The van der Waals surface area contributed by atoms with Gasteiger partial charge >= 0.3 is 0 Å². The summed E-state index contributed by atoms with van der Waals surface area (Å²) in [7, 11) is 0. The summed E-state index contributed by atoms with van der Waals surface area (Å²) in [5, 5.41) is 10.6. The van der Waals surface area contributed by atoms with Gasteiger partial charge in [-0.2, -0.15) is 0 Å². The van der Waals surface area contributed by atoms with E-state index in [1.807, 2.05) is 36.4 Å². The molecule has 0 bridgehead atoms. The van der Waals surface area contributed by atoms with E-state index >= 15 is 0 Å². The first-order valence-corrected chi connectivity index (χ1v) is 10.2. The molecule has 0 spiro atoms. The molecule has 0 amide bonds. The van der Waals surface area contributed by atoms with Gasteiger partial charge in [0, 0.05) is 16.7 Å². The van der Waals surface area contributed by atoms with Gasteiger partial charge in [0.05, 0.1) is 0 Å². The van der Waals surface area contributed by atoms with Crippen LogP contribution in [0.4, 0.5) is 0 Å². The number of para-hydroxylation sites is 1. The van der Waals surface area contributed by atoms with Crippen molar-refractivity contribution < 1.29 is 9.84 Å². The van der Waals surface area contributed by atoms with Gasteiger partial charge in [0.2, 0.25) is 0 Å². The highest BCUT2D eigenvalue weighted by atomic mass is 16.5. The van der Waals surface area contributed by atoms with E-state index in [4.69, 9.17) is 4.74 Å². The second-order valence-corrected chi connectivity index (χ2v) is 9.69. The first-order valence-electron chi connectivity index (χ1n) is 10.2. The molecule has 3 aromatic rings. The predicted octanol–water partition coefficient (Wildman–Crippen LogP) is 7.23. The van der Waals surface area contributed by atoms with Gasteiger partial charge < -0.3 is 9.84 Å². The van der Waals surface area contributed by atoms with Crippen LogP contribution in [0.25, 0.3) is 11.1 Å². The Labute approximate surface area is 175 Å². The Morgan fingerprint density at radius 1 is 0.724 bits per heavy atom. The molecule has 0 aliphatic heterocycles. The minimum absolute atomic E-state index is 0.0168. The van der Waals surface area contributed by atoms with Crippen molar-refractivity contribution in [3.05, 3.63) is 83.4 Å². The average molecular weight is 389 g/mol. The van der Waals surface area contributed by atoms with Gasteiger partial charge in [0.1, 0.15) is 18.1 Å². The van der Waals surface area contributed by atoms with E-state index in [-0.39, 0.29) is 16.6 Å². The number of hydrogen-bond acceptors (Lipinski definition) is 2. The summed E-state index contributed by atoms with van der Waals surface area (Å²) in [5.74, 6) is 1.11. The number of benzene rings is 3. The monoisotopic (exact) mass is 388 g/mol. The molecule has 0 radical (unpaired) electrons. The summed E-state index contributed by atoms with van der Waals surface area (Å²) in [5.41, 5.74) is 5.12. The van der Waals surface area contributed by atoms with E-state index < -0.39 is 0 Å². The molecule has 0 aliphatic rings. The molecule has 3 rings (SSSR count). The Morgan fingerprint density at radius 3 is 1.93 bits per heavy atom. The molecule has 0 atom stereocenters. The molecule has 0 aromatic heterocycles. The summed E-state index contributed by atoms with van der Waals surface area (Å²) in [6, 6.07) is 22.1. The number of phenolic OH excluding ortho intramolecular Hbond substituents is 1. The molecule has 1 N–H and O–H groups in total. The zero-order valence-electron chi connectivity index (χ0n) is 18.4. The average Bonchev–Trinajstić information content (AvgIpc) is 2.65. The van der Waals surface area contributed by atoms with Crippen LogP contribution >= 0.6 is 0 Å². The van der Waals surface area contributed by atoms with Crippen LogP contribution in [0.5, 0.6) is 11.5 Å². The molecule has 0 unspecified atom stereocenters. The van der Waals surface area contributed by atoms with Crippen molar-refractivity contribution in [3.63, 3.8) is 0 Å². The second-order valence-electron chi connectivity index (χ2n) is 9.69. The number of ether oxygens (including phenoxy) is 1. The number of hydrogen-bond donors (Lipinski definition) is 1. The normalized spacial score (nSPS) is 12.1. The molecule has 0 saturated carbocycles. The van der Waals surface area contributed by atoms with Gasteiger partial charge in [-0.15, -0.1) is 0 Å². The third-order valence-corrected chi connectivity index (χ3v) is 5.18. The SMILES string of the molecule is CC(C)(C)c1cc(-c2ccccc2O)c(OCc2ccccc2)c(C(C)(C)C)c1. The van der Waals surface area contributed by atoms with Gasteiger partial charge in [0.15, 0.2) is 0 Å². The quantitative estimate of drug-likeness (QED) is 0.511. The highest BCUT2D eigenvalue weighted by molar-refractivity contribution is 5.78. The van der Waals surface area contributed by atoms with Crippen LogP contribution in [0.15, 0.2) is 66.7 Å². The zero-order chi connectivity index (χ0) is 21.2. The fourth-order valence-electron chi connectivity index (χ4n) is 3.41. The Bertz CT molecular complexity index is 974. The minimum atomic E-state index is -0.105. The van der Waals surface area contributed by atoms with Crippen LogP contribution in [0.3, 0.4) is 0 Å². The van der Waals surface area contributed by atoms with Gasteiger partial charge in [-0.25, -0.2) is 0 Å². The fraction of sp³-hybridized carbons (Fsp3) is 0.333. The highest BCUT2D eigenvalue weighted by Crippen LogP contribution is 2.45. The fourth-order valence-corrected chi connectivity index (χ4v) is 3.41. The summed E-state index contributed by atoms with van der Waals surface area (Å²) < 4.78 is 6.45. The van der Waals surface area contributed by atoms with Crippen LogP contribution in [0.1, 0.15) is 58.2 Å². The zero-order valence-corrected chi connectivity index (χ0v) is 18.4. The van der Waals surface area contributed by atoms with Crippen LogP contribution in [0.2, 0.25) is 0 Å². The van der Waals surface area contributed by atoms with E-state index in [9.17, 15) is 5.11 Å². The summed E-state index contributed by atoms with van der Waals surface area (Å²) in [6.45, 7) is 13.8. The topological polar surface area (TPSA) is 29.5 Å². The Hall–Kier alpha value is -2.74. The number of rotatable bonds is 4. The third-order valence-electron chi connectivity index (χ3n) is 5.18. The van der Waals surface area contributed by atoms with Gasteiger partial charge in [0.25, 0.3) is 0 Å². The molecule has 0 aliphatic carbocycles. The lowest BCUT2D eigenvalue weighted by molar-refractivity contribution is 0.298. The molecule has 2 nitrogen and oxygen atoms in total. The molecule has 0 heterocycles. The minimum Gasteiger partial charge on any atom is -0.507 e. The van der Waals surface area contributed by atoms with E-state index in [1.165, 1.54) is 5.56 Å². The summed E-state index contributed by atoms with van der Waals surface area (Å²) in [4.78, 5) is 0. The van der Waals surface area contributed by atoms with Crippen molar-refractivity contribution in [1.82, 2.24) is 0 Å². The van der Waals surface area contributed by atoms with Crippen molar-refractivity contribution in [3.8, 4) is 22.6 Å². The van der Waals surface area contributed by atoms with Gasteiger partial charge in [-0.1, -0.05) is 96.1 Å². The highest BCUT2D eigenvalue weighted by Gasteiger charge is 2.27. The van der Waals surface area contributed by atoms with Crippen molar-refractivity contribution in [1.29, 1.82) is 0 Å². The van der Waals surface area contributed by atoms with Crippen LogP contribution in [-0.2, 0) is 17.4 Å². The molecular weight excluding hydrogens is 356 g/mol. The van der Waals surface area contributed by atoms with Crippen LogP contribution in [-0.4, -0.2) is 5.11 Å². The predicted molar refractivity (Wildman–Crippen MR) is 122 cm³/mol. The lowest BCUT2D eigenvalue weighted by Gasteiger charge is -2.29. The maximum absolute atomic E-state index is 10.6. The Kier molecular flexibility index (Phi) is 5.75. The van der Waals surface area contributed by atoms with Crippen molar-refractivity contribution in [2.75, 3.05) is 0 Å². The van der Waals surface area contributed by atoms with E-state index in [1.54, 1.807) is 6.07 Å². The van der Waals surface area contributed by atoms with Crippen molar-refractivity contribution in [2.45, 2.75) is 59.0 Å². The standard InChI is InChI=1S/C27H32O2/c1-26(2,3)20-16-22(21-14-10-11-15-24(21)28)25(23(17-20)27(4,5)6)29-18-19-12-8-7-9-13-19/h7-17,28H,18H2,1-6H3. The molecule has 29 heavy (non-hydrogen) atoms. The summed E-state index contributed by atoms with van der Waals surface area (Å²) >= 11 is 0. The molecular formula is C27H32O2. The first kappa shape index (κ1) is 21.0. The molecule has 152 valence electrons. The molecule has 3 aromatic carbocycles. The largest absolute Gasteiger partial charge is 0.507 e. The third kappa shape index (κ3) is 4.82. The molecule has 0 saturated heterocycles. The van der Waals surface area contributed by atoms with E-state index in [0.717, 1.165) is 28.0 Å². The molecule has 2 heteroatoms. The maximum atomic E-state index is 10.6. The maximum Gasteiger partial charge on any atom is 0.131 e. The lowest BCUT2D eigenvalue weighted by Crippen LogP contribution is -2.18. The molecule has 0 fully saturated rings. The lowest BCUT2D eigenvalue weighted by atomic mass is 9.78. The van der Waals surface area contributed by atoms with Crippen molar-refractivity contribution in [2.24, 2.45) is 0 Å². The number of phenols is 1. The van der Waals surface area contributed by atoms with Crippen LogP contribution in [0, 0.1) is 0 Å². The summed E-state index contributed by atoms with van der Waals surface area (Å²) in [6.07, 6.45) is 0. The van der Waals surface area contributed by atoms with Gasteiger partial charge in [-0.3, -0.25) is 0 Å². The smallest absolute Gasteiger partial charge is 0.131 e. The van der Waals surface area contributed by atoms with Crippen LogP contribution < -0.4 is 4.74 Å². The first-order chi connectivity index (χ1) is 13.6. The second kappa shape index (κ2) is 7.94. The Morgan fingerprint density at radius 2 is 1.34 bits per heavy atom. The van der Waals surface area contributed by atoms with E-state index in [2.05, 4.69) is 65.8 Å². The number of aromatic hydroxyl groups is 1. The van der Waals surface area contributed by atoms with Crippen molar-refractivity contribution >= 4 is 0 Å². The van der Waals surface area contributed by atoms with Gasteiger partial charge in [-0.05, 0) is 34.1 Å². The Balaban J connectivity index is 2.23.